The molecule has 0 radical (unpaired) electrons. The summed E-state index contributed by atoms with van der Waals surface area (Å²) in [5.41, 5.74) is 2.64. The third kappa shape index (κ3) is 3.46. The van der Waals surface area contributed by atoms with Crippen LogP contribution in [0.2, 0.25) is 10.0 Å². The number of hydrogen-bond donors (Lipinski definition) is 0. The fraction of sp³-hybridized carbons (Fsp3) is 0.133. The summed E-state index contributed by atoms with van der Waals surface area (Å²) in [6, 6.07) is 11.0. The summed E-state index contributed by atoms with van der Waals surface area (Å²) >= 11 is 15.4. The molecule has 102 valence electrons. The lowest BCUT2D eigenvalue weighted by molar-refractivity contribution is 0.305. The maximum absolute atomic E-state index is 8.84. The van der Waals surface area contributed by atoms with Crippen molar-refractivity contribution >= 4 is 39.1 Å². The second-order valence-electron chi connectivity index (χ2n) is 4.24. The van der Waals surface area contributed by atoms with E-state index in [0.717, 1.165) is 15.6 Å². The molecule has 0 atom stereocenters. The molecular formula is C15H10BrCl2NO. The number of halogens is 3. The van der Waals surface area contributed by atoms with Gasteiger partial charge in [-0.2, -0.15) is 5.26 Å². The Labute approximate surface area is 136 Å². The highest BCUT2D eigenvalue weighted by atomic mass is 79.9. The third-order valence-electron chi connectivity index (χ3n) is 2.83. The molecule has 0 aliphatic heterocycles. The van der Waals surface area contributed by atoms with E-state index in [2.05, 4.69) is 22.0 Å². The summed E-state index contributed by atoms with van der Waals surface area (Å²) in [6.07, 6.45) is 0. The first-order valence-electron chi connectivity index (χ1n) is 5.78. The maximum Gasteiger partial charge on any atom is 0.139 e. The van der Waals surface area contributed by atoms with E-state index in [0.29, 0.717) is 28.0 Å². The molecule has 0 aromatic heterocycles. The first kappa shape index (κ1) is 15.2. The summed E-state index contributed by atoms with van der Waals surface area (Å²) in [4.78, 5) is 0. The van der Waals surface area contributed by atoms with Crippen LogP contribution >= 0.6 is 39.1 Å². The van der Waals surface area contributed by atoms with Gasteiger partial charge in [-0.1, -0.05) is 29.3 Å². The van der Waals surface area contributed by atoms with Crippen LogP contribution in [0, 0.1) is 18.3 Å². The second-order valence-corrected chi connectivity index (χ2v) is 5.91. The number of nitriles is 1. The van der Waals surface area contributed by atoms with Crippen LogP contribution in [0.3, 0.4) is 0 Å². The Hall–Kier alpha value is -1.21. The molecule has 0 aliphatic carbocycles. The summed E-state index contributed by atoms with van der Waals surface area (Å²) < 4.78 is 6.42. The molecule has 0 saturated carbocycles. The zero-order valence-electron chi connectivity index (χ0n) is 10.6. The first-order chi connectivity index (χ1) is 9.51. The van der Waals surface area contributed by atoms with Crippen LogP contribution in [0.25, 0.3) is 0 Å². The predicted molar refractivity (Wildman–Crippen MR) is 84.4 cm³/mol. The normalized spacial score (nSPS) is 10.2. The molecule has 0 bridgehead atoms. The molecule has 2 nitrogen and oxygen atoms in total. The van der Waals surface area contributed by atoms with Crippen molar-refractivity contribution in [1.29, 1.82) is 5.26 Å². The van der Waals surface area contributed by atoms with Crippen molar-refractivity contribution in [3.05, 3.63) is 61.5 Å². The minimum Gasteiger partial charge on any atom is -0.487 e. The van der Waals surface area contributed by atoms with Crippen molar-refractivity contribution in [2.45, 2.75) is 13.5 Å². The standard InChI is InChI=1S/C15H10BrCl2NO/c1-9-4-10(7-19)2-3-11(9)8-20-15-6-13(17)12(16)5-14(15)18/h2-6H,8H2,1H3. The lowest BCUT2D eigenvalue weighted by Crippen LogP contribution is -1.99. The van der Waals surface area contributed by atoms with Gasteiger partial charge in [0.2, 0.25) is 0 Å². The highest BCUT2D eigenvalue weighted by Gasteiger charge is 2.08. The SMILES string of the molecule is Cc1cc(C#N)ccc1COc1cc(Cl)c(Br)cc1Cl. The summed E-state index contributed by atoms with van der Waals surface area (Å²) in [5.74, 6) is 0.531. The minimum absolute atomic E-state index is 0.370. The van der Waals surface area contributed by atoms with E-state index in [1.807, 2.05) is 19.1 Å². The summed E-state index contributed by atoms with van der Waals surface area (Å²) in [6.45, 7) is 2.31. The lowest BCUT2D eigenvalue weighted by Gasteiger charge is -2.11. The predicted octanol–water partition coefficient (Wildman–Crippen LogP) is 5.52. The zero-order chi connectivity index (χ0) is 14.7. The fourth-order valence-electron chi connectivity index (χ4n) is 1.70. The van der Waals surface area contributed by atoms with Crippen molar-refractivity contribution in [2.75, 3.05) is 0 Å². The van der Waals surface area contributed by atoms with E-state index in [1.54, 1.807) is 18.2 Å². The molecule has 0 heterocycles. The van der Waals surface area contributed by atoms with Crippen LogP contribution in [0.5, 0.6) is 5.75 Å². The molecular weight excluding hydrogens is 361 g/mol. The lowest BCUT2D eigenvalue weighted by atomic mass is 10.1. The van der Waals surface area contributed by atoms with Gasteiger partial charge < -0.3 is 4.74 Å². The van der Waals surface area contributed by atoms with Crippen LogP contribution < -0.4 is 4.74 Å². The van der Waals surface area contributed by atoms with E-state index in [4.69, 9.17) is 33.2 Å². The molecule has 0 aliphatic rings. The maximum atomic E-state index is 8.84. The van der Waals surface area contributed by atoms with E-state index in [-0.39, 0.29) is 0 Å². The Balaban J connectivity index is 2.17. The average molecular weight is 371 g/mol. The van der Waals surface area contributed by atoms with Gasteiger partial charge in [-0.15, -0.1) is 0 Å². The number of benzene rings is 2. The number of ether oxygens (including phenoxy) is 1. The first-order valence-corrected chi connectivity index (χ1v) is 7.33. The van der Waals surface area contributed by atoms with Gasteiger partial charge in [0.05, 0.1) is 21.7 Å². The van der Waals surface area contributed by atoms with Gasteiger partial charge in [-0.3, -0.25) is 0 Å². The average Bonchev–Trinajstić information content (AvgIpc) is 2.42. The summed E-state index contributed by atoms with van der Waals surface area (Å²) in [7, 11) is 0. The van der Waals surface area contributed by atoms with Gasteiger partial charge in [-0.25, -0.2) is 0 Å². The highest BCUT2D eigenvalue weighted by Crippen LogP contribution is 2.34. The molecule has 0 amide bonds. The van der Waals surface area contributed by atoms with Crippen molar-refractivity contribution < 1.29 is 4.74 Å². The summed E-state index contributed by atoms with van der Waals surface area (Å²) in [5, 5.41) is 9.87. The Morgan fingerprint density at radius 2 is 1.95 bits per heavy atom. The molecule has 2 aromatic carbocycles. The third-order valence-corrected chi connectivity index (χ3v) is 4.32. The van der Waals surface area contributed by atoms with Crippen LogP contribution in [0.15, 0.2) is 34.8 Å². The van der Waals surface area contributed by atoms with Gasteiger partial charge in [0.25, 0.3) is 0 Å². The van der Waals surface area contributed by atoms with E-state index >= 15 is 0 Å². The monoisotopic (exact) mass is 369 g/mol. The topological polar surface area (TPSA) is 33.0 Å². The smallest absolute Gasteiger partial charge is 0.139 e. The van der Waals surface area contributed by atoms with Crippen molar-refractivity contribution in [2.24, 2.45) is 0 Å². The van der Waals surface area contributed by atoms with E-state index in [9.17, 15) is 0 Å². The number of nitrogens with zero attached hydrogens (tertiary/aromatic N) is 1. The van der Waals surface area contributed by atoms with Crippen LogP contribution in [-0.4, -0.2) is 0 Å². The molecule has 0 N–H and O–H groups in total. The molecule has 0 fully saturated rings. The van der Waals surface area contributed by atoms with Crippen LogP contribution in [-0.2, 0) is 6.61 Å². The molecule has 20 heavy (non-hydrogen) atoms. The number of rotatable bonds is 3. The molecule has 0 spiro atoms. The zero-order valence-corrected chi connectivity index (χ0v) is 13.7. The van der Waals surface area contributed by atoms with Gasteiger partial charge in [0.1, 0.15) is 12.4 Å². The Kier molecular flexibility index (Phi) is 4.93. The van der Waals surface area contributed by atoms with Gasteiger partial charge in [0.15, 0.2) is 0 Å². The van der Waals surface area contributed by atoms with Gasteiger partial charge >= 0.3 is 0 Å². The van der Waals surface area contributed by atoms with E-state index in [1.165, 1.54) is 0 Å². The molecule has 5 heteroatoms. The Morgan fingerprint density at radius 1 is 1.20 bits per heavy atom. The fourth-order valence-corrected chi connectivity index (χ4v) is 2.54. The molecule has 2 aromatic rings. The van der Waals surface area contributed by atoms with Crippen LogP contribution in [0.1, 0.15) is 16.7 Å². The van der Waals surface area contributed by atoms with Crippen molar-refractivity contribution in [3.8, 4) is 11.8 Å². The van der Waals surface area contributed by atoms with Crippen molar-refractivity contribution in [3.63, 3.8) is 0 Å². The largest absolute Gasteiger partial charge is 0.487 e. The number of hydrogen-bond acceptors (Lipinski definition) is 2. The minimum atomic E-state index is 0.370. The Bertz CT molecular complexity index is 695. The quantitative estimate of drug-likeness (QED) is 0.667. The van der Waals surface area contributed by atoms with Crippen molar-refractivity contribution in [1.82, 2.24) is 0 Å². The highest BCUT2D eigenvalue weighted by molar-refractivity contribution is 9.10. The Morgan fingerprint density at radius 3 is 2.60 bits per heavy atom. The second kappa shape index (κ2) is 6.49. The number of aryl methyl sites for hydroxylation is 1. The van der Waals surface area contributed by atoms with E-state index < -0.39 is 0 Å². The van der Waals surface area contributed by atoms with Gasteiger partial charge in [-0.05, 0) is 52.2 Å². The molecule has 0 unspecified atom stereocenters. The molecule has 2 rings (SSSR count). The van der Waals surface area contributed by atoms with Crippen LogP contribution in [0.4, 0.5) is 0 Å². The van der Waals surface area contributed by atoms with Gasteiger partial charge in [0, 0.05) is 10.5 Å². The molecule has 0 saturated heterocycles.